The van der Waals surface area contributed by atoms with Gasteiger partial charge in [-0.25, -0.2) is 0 Å². The van der Waals surface area contributed by atoms with Gasteiger partial charge < -0.3 is 16.0 Å². The van der Waals surface area contributed by atoms with E-state index >= 15 is 0 Å². The van der Waals surface area contributed by atoms with Crippen molar-refractivity contribution in [3.63, 3.8) is 0 Å². The summed E-state index contributed by atoms with van der Waals surface area (Å²) in [6.45, 7) is 2.04. The van der Waals surface area contributed by atoms with Crippen LogP contribution in [0.15, 0.2) is 18.2 Å². The molecule has 0 spiro atoms. The number of hydrogen-bond donors (Lipinski definition) is 2. The van der Waals surface area contributed by atoms with Crippen molar-refractivity contribution in [1.29, 1.82) is 0 Å². The van der Waals surface area contributed by atoms with Crippen molar-refractivity contribution in [3.8, 4) is 0 Å². The number of nitrogens with zero attached hydrogens (tertiary/aromatic N) is 1. The van der Waals surface area contributed by atoms with Crippen LogP contribution in [-0.4, -0.2) is 36.9 Å². The van der Waals surface area contributed by atoms with E-state index in [0.29, 0.717) is 22.7 Å². The zero-order chi connectivity index (χ0) is 16.0. The van der Waals surface area contributed by atoms with Crippen LogP contribution < -0.4 is 11.1 Å². The summed E-state index contributed by atoms with van der Waals surface area (Å²) in [4.78, 5) is 25.6. The SMILES string of the molecule is CCCC[C@H](N)C(=O)Nc1cc(Cl)ccc1C(=O)N(C)C. The minimum Gasteiger partial charge on any atom is -0.345 e. The fraction of sp³-hybridized carbons (Fsp3) is 0.467. The molecular formula is C15H22ClN3O2. The molecular weight excluding hydrogens is 290 g/mol. The van der Waals surface area contributed by atoms with Gasteiger partial charge in [0.05, 0.1) is 17.3 Å². The van der Waals surface area contributed by atoms with Crippen LogP contribution in [0.2, 0.25) is 5.02 Å². The maximum absolute atomic E-state index is 12.1. The highest BCUT2D eigenvalue weighted by molar-refractivity contribution is 6.31. The molecule has 0 saturated heterocycles. The molecule has 3 N–H and O–H groups in total. The first-order valence-electron chi connectivity index (χ1n) is 6.94. The van der Waals surface area contributed by atoms with Gasteiger partial charge in [0.1, 0.15) is 0 Å². The van der Waals surface area contributed by atoms with Crippen LogP contribution in [0, 0.1) is 0 Å². The highest BCUT2D eigenvalue weighted by Crippen LogP contribution is 2.22. The van der Waals surface area contributed by atoms with Crippen LogP contribution in [0.4, 0.5) is 5.69 Å². The second-order valence-electron chi connectivity index (χ2n) is 5.13. The van der Waals surface area contributed by atoms with Gasteiger partial charge in [-0.2, -0.15) is 0 Å². The molecule has 0 aliphatic rings. The highest BCUT2D eigenvalue weighted by atomic mass is 35.5. The molecule has 0 heterocycles. The molecule has 0 saturated carbocycles. The Morgan fingerprint density at radius 1 is 1.38 bits per heavy atom. The first kappa shape index (κ1) is 17.5. The molecule has 1 rings (SSSR count). The van der Waals surface area contributed by atoms with Crippen LogP contribution in [0.25, 0.3) is 0 Å². The predicted molar refractivity (Wildman–Crippen MR) is 85.6 cm³/mol. The van der Waals surface area contributed by atoms with E-state index in [1.165, 1.54) is 4.90 Å². The molecule has 0 aliphatic heterocycles. The van der Waals surface area contributed by atoms with E-state index in [-0.39, 0.29) is 11.8 Å². The maximum atomic E-state index is 12.1. The monoisotopic (exact) mass is 311 g/mol. The Kier molecular flexibility index (Phi) is 6.65. The summed E-state index contributed by atoms with van der Waals surface area (Å²) in [6.07, 6.45) is 2.47. The van der Waals surface area contributed by atoms with E-state index in [1.807, 2.05) is 6.92 Å². The molecule has 0 aromatic heterocycles. The maximum Gasteiger partial charge on any atom is 0.255 e. The van der Waals surface area contributed by atoms with Gasteiger partial charge >= 0.3 is 0 Å². The van der Waals surface area contributed by atoms with E-state index in [2.05, 4.69) is 5.32 Å². The number of hydrogen-bond acceptors (Lipinski definition) is 3. The van der Waals surface area contributed by atoms with E-state index < -0.39 is 6.04 Å². The number of carbonyl (C=O) groups excluding carboxylic acids is 2. The molecule has 6 heteroatoms. The fourth-order valence-electron chi connectivity index (χ4n) is 1.83. The topological polar surface area (TPSA) is 75.4 Å². The van der Waals surface area contributed by atoms with Gasteiger partial charge in [0, 0.05) is 19.1 Å². The lowest BCUT2D eigenvalue weighted by Crippen LogP contribution is -2.36. The van der Waals surface area contributed by atoms with Crippen LogP contribution in [0.3, 0.4) is 0 Å². The predicted octanol–water partition coefficient (Wildman–Crippen LogP) is 2.50. The van der Waals surface area contributed by atoms with Gasteiger partial charge in [-0.1, -0.05) is 31.4 Å². The zero-order valence-corrected chi connectivity index (χ0v) is 13.4. The third-order valence-corrected chi connectivity index (χ3v) is 3.32. The first-order valence-corrected chi connectivity index (χ1v) is 7.32. The molecule has 1 aromatic carbocycles. The quantitative estimate of drug-likeness (QED) is 0.847. The Morgan fingerprint density at radius 3 is 2.62 bits per heavy atom. The normalized spacial score (nSPS) is 11.9. The van der Waals surface area contributed by atoms with Crippen LogP contribution in [-0.2, 0) is 4.79 Å². The lowest BCUT2D eigenvalue weighted by atomic mass is 10.1. The smallest absolute Gasteiger partial charge is 0.255 e. The highest BCUT2D eigenvalue weighted by Gasteiger charge is 2.18. The van der Waals surface area contributed by atoms with E-state index in [4.69, 9.17) is 17.3 Å². The number of carbonyl (C=O) groups is 2. The van der Waals surface area contributed by atoms with Crippen molar-refractivity contribution in [2.75, 3.05) is 19.4 Å². The number of nitrogens with one attached hydrogen (secondary N) is 1. The summed E-state index contributed by atoms with van der Waals surface area (Å²) in [5.41, 5.74) is 6.61. The second-order valence-corrected chi connectivity index (χ2v) is 5.56. The molecule has 0 unspecified atom stereocenters. The van der Waals surface area contributed by atoms with Crippen LogP contribution in [0.1, 0.15) is 36.5 Å². The van der Waals surface area contributed by atoms with E-state index in [0.717, 1.165) is 12.8 Å². The Morgan fingerprint density at radius 2 is 2.05 bits per heavy atom. The van der Waals surface area contributed by atoms with Gasteiger partial charge in [0.15, 0.2) is 0 Å². The van der Waals surface area contributed by atoms with Crippen LogP contribution in [0.5, 0.6) is 0 Å². The largest absolute Gasteiger partial charge is 0.345 e. The number of unbranched alkanes of at least 4 members (excludes halogenated alkanes) is 1. The molecule has 21 heavy (non-hydrogen) atoms. The molecule has 0 aliphatic carbocycles. The minimum atomic E-state index is -0.591. The molecule has 116 valence electrons. The summed E-state index contributed by atoms with van der Waals surface area (Å²) in [5, 5.41) is 3.15. The lowest BCUT2D eigenvalue weighted by Gasteiger charge is -2.17. The molecule has 0 radical (unpaired) electrons. The van der Waals surface area contributed by atoms with Gasteiger partial charge in [-0.15, -0.1) is 0 Å². The molecule has 1 aromatic rings. The molecule has 2 amide bonds. The number of nitrogens with two attached hydrogens (primary N) is 1. The van der Waals surface area contributed by atoms with E-state index in [1.54, 1.807) is 32.3 Å². The van der Waals surface area contributed by atoms with Crippen molar-refractivity contribution in [1.82, 2.24) is 4.90 Å². The van der Waals surface area contributed by atoms with Crippen molar-refractivity contribution >= 4 is 29.1 Å². The molecule has 5 nitrogen and oxygen atoms in total. The van der Waals surface area contributed by atoms with Crippen molar-refractivity contribution < 1.29 is 9.59 Å². The number of halogens is 1. The summed E-state index contributed by atoms with van der Waals surface area (Å²) >= 11 is 5.94. The first-order chi connectivity index (χ1) is 9.86. The summed E-state index contributed by atoms with van der Waals surface area (Å²) in [7, 11) is 3.30. The number of amides is 2. The Labute approximate surface area is 130 Å². The van der Waals surface area contributed by atoms with Crippen LogP contribution >= 0.6 is 11.6 Å². The van der Waals surface area contributed by atoms with Crippen molar-refractivity contribution in [2.24, 2.45) is 5.73 Å². The number of rotatable bonds is 6. The molecule has 0 fully saturated rings. The molecule has 0 bridgehead atoms. The summed E-state index contributed by atoms with van der Waals surface area (Å²) < 4.78 is 0. The standard InChI is InChI=1S/C15H22ClN3O2/c1-4-5-6-12(17)14(20)18-13-9-10(16)7-8-11(13)15(21)19(2)3/h7-9,12H,4-6,17H2,1-3H3,(H,18,20)/t12-/m0/s1. The van der Waals surface area contributed by atoms with Gasteiger partial charge in [-0.3, -0.25) is 9.59 Å². The number of anilines is 1. The number of benzene rings is 1. The van der Waals surface area contributed by atoms with Gasteiger partial charge in [0.2, 0.25) is 5.91 Å². The third kappa shape index (κ3) is 5.02. The van der Waals surface area contributed by atoms with Crippen molar-refractivity contribution in [2.45, 2.75) is 32.2 Å². The summed E-state index contributed by atoms with van der Waals surface area (Å²) in [5.74, 6) is -0.511. The average Bonchev–Trinajstić information content (AvgIpc) is 2.44. The molecule has 1 atom stereocenters. The van der Waals surface area contributed by atoms with Crippen molar-refractivity contribution in [3.05, 3.63) is 28.8 Å². The van der Waals surface area contributed by atoms with E-state index in [9.17, 15) is 9.59 Å². The fourth-order valence-corrected chi connectivity index (χ4v) is 2.00. The third-order valence-electron chi connectivity index (χ3n) is 3.08. The van der Waals surface area contributed by atoms with Gasteiger partial charge in [-0.05, 0) is 24.6 Å². The zero-order valence-electron chi connectivity index (χ0n) is 12.6. The van der Waals surface area contributed by atoms with Gasteiger partial charge in [0.25, 0.3) is 5.91 Å². The Hall–Kier alpha value is -1.59. The Bertz CT molecular complexity index is 518. The minimum absolute atomic E-state index is 0.205. The summed E-state index contributed by atoms with van der Waals surface area (Å²) in [6, 6.07) is 4.18. The second kappa shape index (κ2) is 8.00. The lowest BCUT2D eigenvalue weighted by molar-refractivity contribution is -0.117. The average molecular weight is 312 g/mol. The Balaban J connectivity index is 2.93.